The number of pyridine rings is 1. The first-order valence-electron chi connectivity index (χ1n) is 5.77. The third kappa shape index (κ3) is 5.19. The summed E-state index contributed by atoms with van der Waals surface area (Å²) in [6, 6.07) is 2.92. The monoisotopic (exact) mass is 260 g/mol. The Morgan fingerprint density at radius 1 is 1.47 bits per heavy atom. The van der Waals surface area contributed by atoms with Gasteiger partial charge in [-0.2, -0.15) is 0 Å². The van der Waals surface area contributed by atoms with Gasteiger partial charge < -0.3 is 16.8 Å². The fraction of sp³-hybridized carbons (Fsp3) is 0.308. The van der Waals surface area contributed by atoms with Gasteiger partial charge in [-0.25, -0.2) is 4.98 Å². The predicted molar refractivity (Wildman–Crippen MR) is 70.9 cm³/mol. The Kier molecular flexibility index (Phi) is 5.51. The number of amides is 2. The summed E-state index contributed by atoms with van der Waals surface area (Å²) >= 11 is 0. The summed E-state index contributed by atoms with van der Waals surface area (Å²) in [5.41, 5.74) is 11.2. The van der Waals surface area contributed by atoms with Gasteiger partial charge in [-0.3, -0.25) is 9.59 Å². The zero-order chi connectivity index (χ0) is 14.3. The Hall–Kier alpha value is -2.39. The van der Waals surface area contributed by atoms with Crippen molar-refractivity contribution in [2.24, 2.45) is 11.5 Å². The largest absolute Gasteiger partial charge is 0.370 e. The van der Waals surface area contributed by atoms with Crippen LogP contribution in [0.15, 0.2) is 18.3 Å². The molecule has 0 saturated heterocycles. The van der Waals surface area contributed by atoms with Gasteiger partial charge in [-0.1, -0.05) is 11.8 Å². The van der Waals surface area contributed by atoms with Gasteiger partial charge in [0.1, 0.15) is 5.69 Å². The predicted octanol–water partition coefficient (Wildman–Crippen LogP) is -0.614. The van der Waals surface area contributed by atoms with Gasteiger partial charge in [0.05, 0.1) is 6.54 Å². The Morgan fingerprint density at radius 2 is 2.21 bits per heavy atom. The maximum atomic E-state index is 11.8. The minimum Gasteiger partial charge on any atom is -0.370 e. The molecule has 1 unspecified atom stereocenters. The van der Waals surface area contributed by atoms with Crippen LogP contribution in [0.4, 0.5) is 0 Å². The standard InChI is InChI=1S/C13H16N4O2/c1-9(7-12(15)18)17-13(19)11-5-4-10(8-16-11)3-2-6-14/h4-5,8-9H,6-7,14H2,1H3,(H2,15,18)(H,17,19). The minimum atomic E-state index is -0.465. The van der Waals surface area contributed by atoms with Crippen molar-refractivity contribution in [3.8, 4) is 11.8 Å². The summed E-state index contributed by atoms with van der Waals surface area (Å²) in [7, 11) is 0. The van der Waals surface area contributed by atoms with E-state index in [0.717, 1.165) is 0 Å². The Bertz CT molecular complexity index is 514. The Balaban J connectivity index is 2.65. The van der Waals surface area contributed by atoms with Crippen molar-refractivity contribution >= 4 is 11.8 Å². The quantitative estimate of drug-likeness (QED) is 0.627. The molecule has 0 aliphatic heterocycles. The van der Waals surface area contributed by atoms with Crippen LogP contribution in [0.2, 0.25) is 0 Å². The zero-order valence-corrected chi connectivity index (χ0v) is 10.6. The molecule has 1 aromatic rings. The number of aromatic nitrogens is 1. The third-order valence-electron chi connectivity index (χ3n) is 2.22. The molecule has 1 aromatic heterocycles. The number of rotatable bonds is 4. The summed E-state index contributed by atoms with van der Waals surface area (Å²) in [6.45, 7) is 1.97. The fourth-order valence-corrected chi connectivity index (χ4v) is 1.41. The lowest BCUT2D eigenvalue weighted by Gasteiger charge is -2.11. The van der Waals surface area contributed by atoms with Crippen LogP contribution < -0.4 is 16.8 Å². The van der Waals surface area contributed by atoms with Crippen LogP contribution in [0.1, 0.15) is 29.4 Å². The van der Waals surface area contributed by atoms with E-state index in [0.29, 0.717) is 5.56 Å². The van der Waals surface area contributed by atoms with Crippen molar-refractivity contribution in [2.45, 2.75) is 19.4 Å². The molecule has 100 valence electrons. The normalized spacial score (nSPS) is 11.1. The Labute approximate surface area is 111 Å². The number of carbonyl (C=O) groups excluding carboxylic acids is 2. The molecule has 0 saturated carbocycles. The van der Waals surface area contributed by atoms with Crippen molar-refractivity contribution in [1.82, 2.24) is 10.3 Å². The van der Waals surface area contributed by atoms with Crippen molar-refractivity contribution in [2.75, 3.05) is 6.54 Å². The molecule has 0 aliphatic rings. The molecule has 1 atom stereocenters. The van der Waals surface area contributed by atoms with E-state index in [2.05, 4.69) is 22.1 Å². The van der Waals surface area contributed by atoms with Crippen molar-refractivity contribution < 1.29 is 9.59 Å². The molecule has 0 aromatic carbocycles. The number of hydrogen-bond acceptors (Lipinski definition) is 4. The number of nitrogens with one attached hydrogen (secondary N) is 1. The first-order chi connectivity index (χ1) is 9.02. The average molecular weight is 260 g/mol. The third-order valence-corrected chi connectivity index (χ3v) is 2.22. The van der Waals surface area contributed by atoms with E-state index < -0.39 is 5.91 Å². The highest BCUT2D eigenvalue weighted by Gasteiger charge is 2.12. The molecule has 0 spiro atoms. The van der Waals surface area contributed by atoms with E-state index in [1.807, 2.05) is 0 Å². The first kappa shape index (κ1) is 14.7. The zero-order valence-electron chi connectivity index (χ0n) is 10.6. The lowest BCUT2D eigenvalue weighted by atomic mass is 10.2. The number of carbonyl (C=O) groups is 2. The molecule has 6 nitrogen and oxygen atoms in total. The van der Waals surface area contributed by atoms with Crippen molar-refractivity contribution in [3.05, 3.63) is 29.6 Å². The van der Waals surface area contributed by atoms with Crippen LogP contribution in [-0.2, 0) is 4.79 Å². The van der Waals surface area contributed by atoms with Crippen LogP contribution in [-0.4, -0.2) is 29.4 Å². The van der Waals surface area contributed by atoms with Gasteiger partial charge in [0.15, 0.2) is 0 Å². The molecule has 2 amide bonds. The second-order valence-electron chi connectivity index (χ2n) is 3.98. The molecule has 0 aliphatic carbocycles. The number of nitrogens with zero attached hydrogens (tertiary/aromatic N) is 1. The average Bonchev–Trinajstić information content (AvgIpc) is 2.35. The second kappa shape index (κ2) is 7.13. The number of hydrogen-bond donors (Lipinski definition) is 3. The van der Waals surface area contributed by atoms with Gasteiger partial charge in [0.25, 0.3) is 5.91 Å². The van der Waals surface area contributed by atoms with E-state index in [9.17, 15) is 9.59 Å². The van der Waals surface area contributed by atoms with E-state index in [1.165, 1.54) is 6.20 Å². The Morgan fingerprint density at radius 3 is 2.74 bits per heavy atom. The molecule has 0 radical (unpaired) electrons. The molecule has 5 N–H and O–H groups in total. The molecule has 1 heterocycles. The number of primary amides is 1. The maximum absolute atomic E-state index is 11.8. The molecular weight excluding hydrogens is 244 g/mol. The van der Waals surface area contributed by atoms with Gasteiger partial charge in [0, 0.05) is 24.2 Å². The van der Waals surface area contributed by atoms with Gasteiger partial charge >= 0.3 is 0 Å². The lowest BCUT2D eigenvalue weighted by Crippen LogP contribution is -2.36. The summed E-state index contributed by atoms with van der Waals surface area (Å²) in [5, 5.41) is 2.63. The maximum Gasteiger partial charge on any atom is 0.270 e. The smallest absolute Gasteiger partial charge is 0.270 e. The molecule has 0 bridgehead atoms. The fourth-order valence-electron chi connectivity index (χ4n) is 1.41. The van der Waals surface area contributed by atoms with Crippen LogP contribution in [0.3, 0.4) is 0 Å². The number of nitrogens with two attached hydrogens (primary N) is 2. The lowest BCUT2D eigenvalue weighted by molar-refractivity contribution is -0.118. The van der Waals surface area contributed by atoms with Crippen molar-refractivity contribution in [3.63, 3.8) is 0 Å². The summed E-state index contributed by atoms with van der Waals surface area (Å²) < 4.78 is 0. The topological polar surface area (TPSA) is 111 Å². The SMILES string of the molecule is CC(CC(N)=O)NC(=O)c1ccc(C#CCN)cn1. The molecular formula is C13H16N4O2. The van der Waals surface area contributed by atoms with E-state index in [-0.39, 0.29) is 30.6 Å². The highest BCUT2D eigenvalue weighted by molar-refractivity contribution is 5.92. The van der Waals surface area contributed by atoms with Gasteiger partial charge in [-0.15, -0.1) is 0 Å². The van der Waals surface area contributed by atoms with Gasteiger partial charge in [-0.05, 0) is 19.1 Å². The second-order valence-corrected chi connectivity index (χ2v) is 3.98. The summed E-state index contributed by atoms with van der Waals surface area (Å²) in [4.78, 5) is 26.5. The molecule has 0 fully saturated rings. The van der Waals surface area contributed by atoms with Crippen LogP contribution in [0.25, 0.3) is 0 Å². The first-order valence-corrected chi connectivity index (χ1v) is 5.77. The highest BCUT2D eigenvalue weighted by atomic mass is 16.2. The highest BCUT2D eigenvalue weighted by Crippen LogP contribution is 2.00. The van der Waals surface area contributed by atoms with Crippen LogP contribution in [0.5, 0.6) is 0 Å². The van der Waals surface area contributed by atoms with Crippen LogP contribution >= 0.6 is 0 Å². The summed E-state index contributed by atoms with van der Waals surface area (Å²) in [6.07, 6.45) is 1.59. The van der Waals surface area contributed by atoms with Crippen molar-refractivity contribution in [1.29, 1.82) is 0 Å². The van der Waals surface area contributed by atoms with Crippen LogP contribution in [0, 0.1) is 11.8 Å². The van der Waals surface area contributed by atoms with E-state index in [4.69, 9.17) is 11.5 Å². The van der Waals surface area contributed by atoms with E-state index >= 15 is 0 Å². The van der Waals surface area contributed by atoms with E-state index in [1.54, 1.807) is 19.1 Å². The summed E-state index contributed by atoms with van der Waals surface area (Å²) in [5.74, 6) is 4.68. The molecule has 1 rings (SSSR count). The minimum absolute atomic E-state index is 0.0891. The molecule has 19 heavy (non-hydrogen) atoms. The molecule has 6 heteroatoms. The van der Waals surface area contributed by atoms with Gasteiger partial charge in [0.2, 0.25) is 5.91 Å².